The number of benzene rings is 1. The molecule has 3 N–H and O–H groups in total. The van der Waals surface area contributed by atoms with Gasteiger partial charge in [0.05, 0.1) is 12.1 Å². The van der Waals surface area contributed by atoms with Crippen LogP contribution in [0.3, 0.4) is 0 Å². The lowest BCUT2D eigenvalue weighted by atomic mass is 9.96. The van der Waals surface area contributed by atoms with Gasteiger partial charge in [-0.05, 0) is 37.8 Å². The Labute approximate surface area is 118 Å². The van der Waals surface area contributed by atoms with E-state index in [-0.39, 0.29) is 12.0 Å². The summed E-state index contributed by atoms with van der Waals surface area (Å²) >= 11 is 0. The minimum absolute atomic E-state index is 0.109. The second kappa shape index (κ2) is 4.98. The SMILES string of the molecule is CC(N)(C(=O)NCC1COc2ccccc2O1)C1CC1. The molecule has 0 saturated heterocycles. The summed E-state index contributed by atoms with van der Waals surface area (Å²) in [6.07, 6.45) is 1.90. The molecule has 1 aliphatic carbocycles. The molecule has 1 amide bonds. The van der Waals surface area contributed by atoms with E-state index in [0.29, 0.717) is 19.1 Å². The van der Waals surface area contributed by atoms with Crippen LogP contribution < -0.4 is 20.5 Å². The van der Waals surface area contributed by atoms with E-state index in [9.17, 15) is 4.79 Å². The van der Waals surface area contributed by atoms with Crippen molar-refractivity contribution < 1.29 is 14.3 Å². The van der Waals surface area contributed by atoms with Crippen LogP contribution in [0, 0.1) is 5.92 Å². The maximum Gasteiger partial charge on any atom is 0.240 e. The van der Waals surface area contributed by atoms with Crippen molar-refractivity contribution in [2.24, 2.45) is 11.7 Å². The zero-order valence-electron chi connectivity index (χ0n) is 11.6. The largest absolute Gasteiger partial charge is 0.486 e. The molecular formula is C15H20N2O3. The molecule has 2 unspecified atom stereocenters. The number of ether oxygens (including phenoxy) is 2. The molecule has 1 aromatic rings. The van der Waals surface area contributed by atoms with E-state index in [2.05, 4.69) is 5.32 Å². The number of carbonyl (C=O) groups excluding carboxylic acids is 1. The van der Waals surface area contributed by atoms with E-state index in [4.69, 9.17) is 15.2 Å². The van der Waals surface area contributed by atoms with Crippen molar-refractivity contribution in [2.45, 2.75) is 31.4 Å². The van der Waals surface area contributed by atoms with E-state index in [1.807, 2.05) is 24.3 Å². The van der Waals surface area contributed by atoms with Crippen LogP contribution in [0.25, 0.3) is 0 Å². The Kier molecular flexibility index (Phi) is 3.30. The van der Waals surface area contributed by atoms with Crippen molar-refractivity contribution in [1.82, 2.24) is 5.32 Å². The van der Waals surface area contributed by atoms with E-state index in [1.165, 1.54) is 0 Å². The lowest BCUT2D eigenvalue weighted by Gasteiger charge is -2.28. The molecule has 5 heteroatoms. The highest BCUT2D eigenvalue weighted by atomic mass is 16.6. The molecule has 0 radical (unpaired) electrons. The van der Waals surface area contributed by atoms with Gasteiger partial charge < -0.3 is 20.5 Å². The van der Waals surface area contributed by atoms with Crippen LogP contribution in [0.2, 0.25) is 0 Å². The Morgan fingerprint density at radius 1 is 1.40 bits per heavy atom. The highest BCUT2D eigenvalue weighted by Crippen LogP contribution is 2.38. The first-order valence-electron chi connectivity index (χ1n) is 7.03. The Morgan fingerprint density at radius 2 is 2.10 bits per heavy atom. The average molecular weight is 276 g/mol. The molecule has 1 aliphatic heterocycles. The fourth-order valence-electron chi connectivity index (χ4n) is 2.43. The zero-order chi connectivity index (χ0) is 14.2. The maximum atomic E-state index is 12.1. The topological polar surface area (TPSA) is 73.6 Å². The fourth-order valence-corrected chi connectivity index (χ4v) is 2.43. The molecule has 0 aromatic heterocycles. The predicted octanol–water partition coefficient (Wildman–Crippen LogP) is 1.07. The van der Waals surface area contributed by atoms with Crippen LogP contribution in [-0.4, -0.2) is 30.7 Å². The van der Waals surface area contributed by atoms with Gasteiger partial charge in [-0.15, -0.1) is 0 Å². The highest BCUT2D eigenvalue weighted by Gasteiger charge is 2.44. The van der Waals surface area contributed by atoms with Gasteiger partial charge in [0.2, 0.25) is 5.91 Å². The minimum atomic E-state index is -0.770. The van der Waals surface area contributed by atoms with Crippen molar-refractivity contribution in [3.05, 3.63) is 24.3 Å². The van der Waals surface area contributed by atoms with Gasteiger partial charge in [-0.1, -0.05) is 12.1 Å². The molecule has 1 saturated carbocycles. The standard InChI is InChI=1S/C15H20N2O3/c1-15(16,10-6-7-10)14(18)17-8-11-9-19-12-4-2-3-5-13(12)20-11/h2-5,10-11H,6-9,16H2,1H3,(H,17,18). The first-order valence-corrected chi connectivity index (χ1v) is 7.03. The Balaban J connectivity index is 1.54. The van der Waals surface area contributed by atoms with Crippen molar-refractivity contribution in [3.63, 3.8) is 0 Å². The van der Waals surface area contributed by atoms with Crippen molar-refractivity contribution in [1.29, 1.82) is 0 Å². The highest BCUT2D eigenvalue weighted by molar-refractivity contribution is 5.86. The van der Waals surface area contributed by atoms with E-state index >= 15 is 0 Å². The van der Waals surface area contributed by atoms with Crippen LogP contribution >= 0.6 is 0 Å². The molecule has 1 fully saturated rings. The Hall–Kier alpha value is -1.75. The predicted molar refractivity (Wildman–Crippen MR) is 74.7 cm³/mol. The summed E-state index contributed by atoms with van der Waals surface area (Å²) in [5, 5.41) is 2.88. The molecule has 1 aromatic carbocycles. The van der Waals surface area contributed by atoms with Crippen molar-refractivity contribution >= 4 is 5.91 Å². The summed E-state index contributed by atoms with van der Waals surface area (Å²) in [5.41, 5.74) is 5.30. The fraction of sp³-hybridized carbons (Fsp3) is 0.533. The lowest BCUT2D eigenvalue weighted by Crippen LogP contribution is -2.55. The monoisotopic (exact) mass is 276 g/mol. The third-order valence-corrected chi connectivity index (χ3v) is 3.97. The molecule has 5 nitrogen and oxygen atoms in total. The zero-order valence-corrected chi connectivity index (χ0v) is 11.6. The van der Waals surface area contributed by atoms with Crippen LogP contribution in [0.4, 0.5) is 0 Å². The third-order valence-electron chi connectivity index (χ3n) is 3.97. The molecule has 1 heterocycles. The van der Waals surface area contributed by atoms with Crippen LogP contribution in [0.1, 0.15) is 19.8 Å². The number of nitrogens with one attached hydrogen (secondary N) is 1. The summed E-state index contributed by atoms with van der Waals surface area (Å²) in [4.78, 5) is 12.1. The van der Waals surface area contributed by atoms with Crippen molar-refractivity contribution in [2.75, 3.05) is 13.2 Å². The quantitative estimate of drug-likeness (QED) is 0.862. The van der Waals surface area contributed by atoms with Gasteiger partial charge in [0.15, 0.2) is 11.5 Å². The second-order valence-corrected chi connectivity index (χ2v) is 5.76. The molecule has 2 atom stereocenters. The molecular weight excluding hydrogens is 256 g/mol. The Bertz CT molecular complexity index is 512. The summed E-state index contributed by atoms with van der Waals surface area (Å²) in [5.74, 6) is 1.67. The first kappa shape index (κ1) is 13.2. The van der Waals surface area contributed by atoms with Gasteiger partial charge in [-0.25, -0.2) is 0 Å². The van der Waals surface area contributed by atoms with Gasteiger partial charge in [0, 0.05) is 0 Å². The Morgan fingerprint density at radius 3 is 2.80 bits per heavy atom. The van der Waals surface area contributed by atoms with E-state index in [0.717, 1.165) is 24.3 Å². The van der Waals surface area contributed by atoms with Gasteiger partial charge in [-0.2, -0.15) is 0 Å². The number of carbonyl (C=O) groups is 1. The summed E-state index contributed by atoms with van der Waals surface area (Å²) in [7, 11) is 0. The third kappa shape index (κ3) is 2.58. The van der Waals surface area contributed by atoms with Gasteiger partial charge in [0.1, 0.15) is 12.7 Å². The summed E-state index contributed by atoms with van der Waals surface area (Å²) < 4.78 is 11.4. The first-order chi connectivity index (χ1) is 9.57. The number of hydrogen-bond acceptors (Lipinski definition) is 4. The van der Waals surface area contributed by atoms with Crippen LogP contribution in [0.15, 0.2) is 24.3 Å². The van der Waals surface area contributed by atoms with E-state index in [1.54, 1.807) is 6.92 Å². The van der Waals surface area contributed by atoms with E-state index < -0.39 is 5.54 Å². The smallest absolute Gasteiger partial charge is 0.240 e. The number of para-hydroxylation sites is 2. The molecule has 20 heavy (non-hydrogen) atoms. The van der Waals surface area contributed by atoms with Crippen LogP contribution in [0.5, 0.6) is 11.5 Å². The van der Waals surface area contributed by atoms with Gasteiger partial charge in [0.25, 0.3) is 0 Å². The number of hydrogen-bond donors (Lipinski definition) is 2. The molecule has 0 spiro atoms. The minimum Gasteiger partial charge on any atom is -0.486 e. The second-order valence-electron chi connectivity index (χ2n) is 5.76. The number of nitrogens with two attached hydrogens (primary N) is 1. The molecule has 0 bridgehead atoms. The number of amides is 1. The van der Waals surface area contributed by atoms with Crippen molar-refractivity contribution in [3.8, 4) is 11.5 Å². The molecule has 2 aliphatic rings. The lowest BCUT2D eigenvalue weighted by molar-refractivity contribution is -0.127. The maximum absolute atomic E-state index is 12.1. The average Bonchev–Trinajstić information content (AvgIpc) is 3.29. The normalized spacial score (nSPS) is 23.8. The molecule has 108 valence electrons. The summed E-state index contributed by atoms with van der Waals surface area (Å²) in [6.45, 7) is 2.64. The summed E-state index contributed by atoms with van der Waals surface area (Å²) in [6, 6.07) is 7.53. The van der Waals surface area contributed by atoms with Gasteiger partial charge >= 0.3 is 0 Å². The number of fused-ring (bicyclic) bond motifs is 1. The van der Waals surface area contributed by atoms with Crippen LogP contribution in [-0.2, 0) is 4.79 Å². The number of rotatable bonds is 4. The molecule has 3 rings (SSSR count). The van der Waals surface area contributed by atoms with Gasteiger partial charge in [-0.3, -0.25) is 4.79 Å².